The highest BCUT2D eigenvalue weighted by molar-refractivity contribution is 6.29. The van der Waals surface area contributed by atoms with E-state index in [1.807, 2.05) is 31.2 Å². The highest BCUT2D eigenvalue weighted by Crippen LogP contribution is 2.17. The van der Waals surface area contributed by atoms with Crippen LogP contribution >= 0.6 is 11.6 Å². The number of hydrogen-bond donors (Lipinski definition) is 0. The third-order valence-corrected chi connectivity index (χ3v) is 2.75. The van der Waals surface area contributed by atoms with Crippen molar-refractivity contribution in [3.05, 3.63) is 46.9 Å². The monoisotopic (exact) mass is 278 g/mol. The van der Waals surface area contributed by atoms with Crippen LogP contribution in [0, 0.1) is 0 Å². The van der Waals surface area contributed by atoms with E-state index in [-0.39, 0.29) is 0 Å². The van der Waals surface area contributed by atoms with Gasteiger partial charge in [-0.1, -0.05) is 30.7 Å². The predicted octanol–water partition coefficient (Wildman–Crippen LogP) is 3.28. The second-order valence-electron chi connectivity index (χ2n) is 3.94. The fourth-order valence-corrected chi connectivity index (χ4v) is 1.78. The zero-order valence-electron chi connectivity index (χ0n) is 10.9. The van der Waals surface area contributed by atoms with Gasteiger partial charge in [-0.25, -0.2) is 4.98 Å². The summed E-state index contributed by atoms with van der Waals surface area (Å²) in [5.41, 5.74) is 1.01. The van der Waals surface area contributed by atoms with Crippen molar-refractivity contribution in [1.29, 1.82) is 0 Å². The van der Waals surface area contributed by atoms with Crippen LogP contribution in [-0.4, -0.2) is 17.1 Å². The molecule has 1 heterocycles. The highest BCUT2D eigenvalue weighted by atomic mass is 35.5. The van der Waals surface area contributed by atoms with Crippen LogP contribution in [0.3, 0.4) is 0 Å². The Balaban J connectivity index is 2.07. The molecule has 0 aliphatic heterocycles. The largest absolute Gasteiger partial charge is 0.497 e. The van der Waals surface area contributed by atoms with Crippen LogP contribution in [0.1, 0.15) is 18.3 Å². The molecule has 19 heavy (non-hydrogen) atoms. The Bertz CT molecular complexity index is 561. The molecule has 5 heteroatoms. The van der Waals surface area contributed by atoms with Gasteiger partial charge in [-0.3, -0.25) is 0 Å². The molecule has 0 aliphatic rings. The molecule has 0 N–H and O–H groups in total. The first-order valence-electron chi connectivity index (χ1n) is 6.00. The summed E-state index contributed by atoms with van der Waals surface area (Å²) in [5, 5.41) is 0.396. The molecule has 1 aromatic heterocycles. The molecule has 100 valence electrons. The molecule has 0 radical (unpaired) electrons. The molecule has 0 saturated carbocycles. The van der Waals surface area contributed by atoms with Gasteiger partial charge in [-0.05, 0) is 17.7 Å². The van der Waals surface area contributed by atoms with Gasteiger partial charge in [-0.2, -0.15) is 4.98 Å². The SMILES string of the molecule is CCc1nc(Cl)cc(OCc2cccc(OC)c2)n1. The molecule has 0 fully saturated rings. The van der Waals surface area contributed by atoms with E-state index in [4.69, 9.17) is 21.1 Å². The molecule has 1 aromatic carbocycles. The third-order valence-electron chi connectivity index (χ3n) is 2.55. The topological polar surface area (TPSA) is 44.2 Å². The molecular formula is C14H15ClN2O2. The van der Waals surface area contributed by atoms with Gasteiger partial charge in [0.05, 0.1) is 7.11 Å². The summed E-state index contributed by atoms with van der Waals surface area (Å²) in [4.78, 5) is 8.35. The number of aryl methyl sites for hydroxylation is 1. The van der Waals surface area contributed by atoms with Crippen molar-refractivity contribution in [2.75, 3.05) is 7.11 Å². The van der Waals surface area contributed by atoms with Crippen molar-refractivity contribution < 1.29 is 9.47 Å². The molecule has 0 saturated heterocycles. The number of methoxy groups -OCH3 is 1. The first-order chi connectivity index (χ1) is 9.21. The molecule has 0 unspecified atom stereocenters. The summed E-state index contributed by atoms with van der Waals surface area (Å²) < 4.78 is 10.8. The van der Waals surface area contributed by atoms with Crippen molar-refractivity contribution in [3.8, 4) is 11.6 Å². The van der Waals surface area contributed by atoms with Crippen molar-refractivity contribution in [1.82, 2.24) is 9.97 Å². The summed E-state index contributed by atoms with van der Waals surface area (Å²) >= 11 is 5.91. The van der Waals surface area contributed by atoms with Crippen LogP contribution in [0.2, 0.25) is 5.15 Å². The summed E-state index contributed by atoms with van der Waals surface area (Å²) in [5.74, 6) is 1.96. The van der Waals surface area contributed by atoms with Crippen LogP contribution in [0.4, 0.5) is 0 Å². The van der Waals surface area contributed by atoms with E-state index < -0.39 is 0 Å². The van der Waals surface area contributed by atoms with Gasteiger partial charge in [0, 0.05) is 12.5 Å². The Hall–Kier alpha value is -1.81. The number of ether oxygens (including phenoxy) is 2. The van der Waals surface area contributed by atoms with Gasteiger partial charge in [0.15, 0.2) is 0 Å². The van der Waals surface area contributed by atoms with Crippen LogP contribution in [0.15, 0.2) is 30.3 Å². The number of benzene rings is 1. The fourth-order valence-electron chi connectivity index (χ4n) is 1.59. The molecule has 0 atom stereocenters. The van der Waals surface area contributed by atoms with Gasteiger partial charge in [0.1, 0.15) is 23.3 Å². The minimum atomic E-state index is 0.396. The predicted molar refractivity (Wildman–Crippen MR) is 73.7 cm³/mol. The quantitative estimate of drug-likeness (QED) is 0.787. The van der Waals surface area contributed by atoms with Crippen LogP contribution in [-0.2, 0) is 13.0 Å². The van der Waals surface area contributed by atoms with Gasteiger partial charge in [0.25, 0.3) is 0 Å². The van der Waals surface area contributed by atoms with Crippen molar-refractivity contribution in [2.24, 2.45) is 0 Å². The van der Waals surface area contributed by atoms with E-state index in [1.165, 1.54) is 0 Å². The zero-order valence-corrected chi connectivity index (χ0v) is 11.6. The zero-order chi connectivity index (χ0) is 13.7. The molecule has 0 bridgehead atoms. The second-order valence-corrected chi connectivity index (χ2v) is 4.33. The van der Waals surface area contributed by atoms with Crippen molar-refractivity contribution in [3.63, 3.8) is 0 Å². The molecule has 0 amide bonds. The Labute approximate surface area is 117 Å². The summed E-state index contributed by atoms with van der Waals surface area (Å²) in [7, 11) is 1.64. The Kier molecular flexibility index (Phi) is 4.58. The molecule has 0 spiro atoms. The highest BCUT2D eigenvalue weighted by Gasteiger charge is 2.04. The average Bonchev–Trinajstić information content (AvgIpc) is 2.44. The lowest BCUT2D eigenvalue weighted by molar-refractivity contribution is 0.291. The fraction of sp³-hybridized carbons (Fsp3) is 0.286. The third kappa shape index (κ3) is 3.83. The van der Waals surface area contributed by atoms with Gasteiger partial charge < -0.3 is 9.47 Å². The van der Waals surface area contributed by atoms with E-state index in [0.717, 1.165) is 17.7 Å². The number of halogens is 1. The maximum absolute atomic E-state index is 5.91. The van der Waals surface area contributed by atoms with Gasteiger partial charge >= 0.3 is 0 Å². The number of nitrogens with zero attached hydrogens (tertiary/aromatic N) is 2. The molecule has 2 aromatic rings. The average molecular weight is 279 g/mol. The van der Waals surface area contributed by atoms with E-state index in [0.29, 0.717) is 23.5 Å². The van der Waals surface area contributed by atoms with Gasteiger partial charge in [-0.15, -0.1) is 0 Å². The van der Waals surface area contributed by atoms with Crippen LogP contribution in [0.5, 0.6) is 11.6 Å². The second kappa shape index (κ2) is 6.38. The van der Waals surface area contributed by atoms with Crippen molar-refractivity contribution >= 4 is 11.6 Å². The Morgan fingerprint density at radius 2 is 2.05 bits per heavy atom. The number of rotatable bonds is 5. The molecule has 2 rings (SSSR count). The lowest BCUT2D eigenvalue weighted by Gasteiger charge is -2.08. The maximum Gasteiger partial charge on any atom is 0.218 e. The van der Waals surface area contributed by atoms with E-state index in [2.05, 4.69) is 9.97 Å². The summed E-state index contributed by atoms with van der Waals surface area (Å²) in [6.07, 6.45) is 0.718. The first kappa shape index (κ1) is 13.6. The minimum absolute atomic E-state index is 0.396. The standard InChI is InChI=1S/C14H15ClN2O2/c1-3-13-16-12(15)8-14(17-13)19-9-10-5-4-6-11(7-10)18-2/h4-8H,3,9H2,1-2H3. The molecule has 0 aliphatic carbocycles. The summed E-state index contributed by atoms with van der Waals surface area (Å²) in [6, 6.07) is 9.30. The number of aromatic nitrogens is 2. The first-order valence-corrected chi connectivity index (χ1v) is 6.38. The summed E-state index contributed by atoms with van der Waals surface area (Å²) in [6.45, 7) is 2.38. The van der Waals surface area contributed by atoms with Crippen LogP contribution in [0.25, 0.3) is 0 Å². The van der Waals surface area contributed by atoms with E-state index in [1.54, 1.807) is 13.2 Å². The minimum Gasteiger partial charge on any atom is -0.497 e. The van der Waals surface area contributed by atoms with Crippen molar-refractivity contribution in [2.45, 2.75) is 20.0 Å². The Morgan fingerprint density at radius 3 is 2.79 bits per heavy atom. The Morgan fingerprint density at radius 1 is 1.21 bits per heavy atom. The lowest BCUT2D eigenvalue weighted by Crippen LogP contribution is -2.01. The van der Waals surface area contributed by atoms with E-state index >= 15 is 0 Å². The van der Waals surface area contributed by atoms with E-state index in [9.17, 15) is 0 Å². The smallest absolute Gasteiger partial charge is 0.218 e. The normalized spacial score (nSPS) is 10.3. The molecule has 4 nitrogen and oxygen atoms in total. The van der Waals surface area contributed by atoms with Gasteiger partial charge in [0.2, 0.25) is 5.88 Å². The molecular weight excluding hydrogens is 264 g/mol. The number of hydrogen-bond acceptors (Lipinski definition) is 4. The maximum atomic E-state index is 5.91. The lowest BCUT2D eigenvalue weighted by atomic mass is 10.2. The van der Waals surface area contributed by atoms with Crippen LogP contribution < -0.4 is 9.47 Å².